The lowest BCUT2D eigenvalue weighted by molar-refractivity contribution is 0.231. The van der Waals surface area contributed by atoms with Crippen LogP contribution in [0.25, 0.3) is 21.8 Å². The Morgan fingerprint density at radius 2 is 2.00 bits per heavy atom. The summed E-state index contributed by atoms with van der Waals surface area (Å²) in [6.45, 7) is 4.14. The monoisotopic (exact) mass is 373 g/mol. The second-order valence-electron chi connectivity index (χ2n) is 7.81. The van der Waals surface area contributed by atoms with Crippen LogP contribution in [0.2, 0.25) is 0 Å². The van der Waals surface area contributed by atoms with Gasteiger partial charge < -0.3 is 14.3 Å². The first-order valence-corrected chi connectivity index (χ1v) is 10.3. The van der Waals surface area contributed by atoms with Crippen LogP contribution in [-0.4, -0.2) is 34.1 Å². The number of ether oxygens (including phenoxy) is 1. The summed E-state index contributed by atoms with van der Waals surface area (Å²) in [5, 5.41) is 2.64. The lowest BCUT2D eigenvalue weighted by atomic mass is 10.0. The summed E-state index contributed by atoms with van der Waals surface area (Å²) in [5.74, 6) is 0.963. The Hall–Kier alpha value is -2.72. The fourth-order valence-electron chi connectivity index (χ4n) is 4.51. The molecule has 0 fully saturated rings. The highest BCUT2D eigenvalue weighted by atomic mass is 16.5. The Morgan fingerprint density at radius 3 is 2.96 bits per heavy atom. The molecule has 28 heavy (non-hydrogen) atoms. The molecular weight excluding hydrogens is 346 g/mol. The average Bonchev–Trinajstić information content (AvgIpc) is 3.31. The summed E-state index contributed by atoms with van der Waals surface area (Å²) in [5.41, 5.74) is 5.56. The van der Waals surface area contributed by atoms with Crippen molar-refractivity contribution in [3.8, 4) is 5.75 Å². The number of hydrogen-bond acceptors (Lipinski definition) is 2. The van der Waals surface area contributed by atoms with Crippen LogP contribution in [0.1, 0.15) is 24.1 Å². The molecule has 2 aromatic carbocycles. The highest BCUT2D eigenvalue weighted by Gasteiger charge is 2.22. The standard InChI is InChI=1S/C24H27N3O/c1-26-23-7-3-2-6-20(23)21-11-14-27(17-24(21)26)13-4-5-15-28-19-8-9-22-18(16-19)10-12-25-22/h2-3,6-10,12,16,25H,4-5,11,13-15,17H2,1H3. The predicted molar refractivity (Wildman–Crippen MR) is 115 cm³/mol. The van der Waals surface area contributed by atoms with E-state index in [-0.39, 0.29) is 0 Å². The zero-order valence-electron chi connectivity index (χ0n) is 16.4. The fraction of sp³-hybridized carbons (Fsp3) is 0.333. The number of unbranched alkanes of at least 4 members (excludes halogenated alkanes) is 1. The number of aromatic amines is 1. The van der Waals surface area contributed by atoms with Crippen molar-refractivity contribution in [1.29, 1.82) is 0 Å². The molecular formula is C24H27N3O. The maximum Gasteiger partial charge on any atom is 0.120 e. The first-order valence-electron chi connectivity index (χ1n) is 10.3. The number of fused-ring (bicyclic) bond motifs is 4. The first-order chi connectivity index (χ1) is 13.8. The van der Waals surface area contributed by atoms with Crippen molar-refractivity contribution in [2.24, 2.45) is 7.05 Å². The molecule has 1 N–H and O–H groups in total. The number of H-pyrrole nitrogens is 1. The minimum Gasteiger partial charge on any atom is -0.494 e. The van der Waals surface area contributed by atoms with Gasteiger partial charge in [0.2, 0.25) is 0 Å². The second kappa shape index (κ2) is 7.36. The highest BCUT2D eigenvalue weighted by molar-refractivity contribution is 5.85. The van der Waals surface area contributed by atoms with Crippen LogP contribution in [0, 0.1) is 0 Å². The zero-order valence-corrected chi connectivity index (χ0v) is 16.4. The molecule has 0 saturated carbocycles. The Morgan fingerprint density at radius 1 is 1.07 bits per heavy atom. The van der Waals surface area contributed by atoms with E-state index in [0.29, 0.717) is 0 Å². The molecule has 1 aliphatic heterocycles. The van der Waals surface area contributed by atoms with Crippen molar-refractivity contribution in [3.63, 3.8) is 0 Å². The molecule has 0 radical (unpaired) electrons. The topological polar surface area (TPSA) is 33.2 Å². The van der Waals surface area contributed by atoms with Crippen LogP contribution in [0.4, 0.5) is 0 Å². The maximum atomic E-state index is 5.95. The number of para-hydroxylation sites is 1. The molecule has 4 aromatic rings. The summed E-state index contributed by atoms with van der Waals surface area (Å²) in [6.07, 6.45) is 5.38. The molecule has 0 bridgehead atoms. The van der Waals surface area contributed by atoms with E-state index in [1.807, 2.05) is 12.3 Å². The lowest BCUT2D eigenvalue weighted by Gasteiger charge is -2.28. The summed E-state index contributed by atoms with van der Waals surface area (Å²) >= 11 is 0. The van der Waals surface area contributed by atoms with Crippen molar-refractivity contribution in [3.05, 3.63) is 66.0 Å². The first kappa shape index (κ1) is 17.4. The SMILES string of the molecule is Cn1c2c(c3ccccc31)CCN(CCCCOc1ccc3[nH]ccc3c1)C2. The van der Waals surface area contributed by atoms with Crippen molar-refractivity contribution in [2.45, 2.75) is 25.8 Å². The number of aryl methyl sites for hydroxylation is 1. The summed E-state index contributed by atoms with van der Waals surface area (Å²) < 4.78 is 8.34. The van der Waals surface area contributed by atoms with Gasteiger partial charge in [0.25, 0.3) is 0 Å². The Balaban J connectivity index is 1.13. The van der Waals surface area contributed by atoms with Crippen molar-refractivity contribution < 1.29 is 4.74 Å². The number of nitrogens with one attached hydrogen (secondary N) is 1. The van der Waals surface area contributed by atoms with Crippen LogP contribution in [0.3, 0.4) is 0 Å². The molecule has 0 unspecified atom stereocenters. The van der Waals surface area contributed by atoms with E-state index < -0.39 is 0 Å². The predicted octanol–water partition coefficient (Wildman–Crippen LogP) is 4.88. The minimum absolute atomic E-state index is 0.781. The molecule has 4 heteroatoms. The van der Waals surface area contributed by atoms with Gasteiger partial charge in [0.1, 0.15) is 5.75 Å². The van der Waals surface area contributed by atoms with Gasteiger partial charge in [-0.3, -0.25) is 4.90 Å². The van der Waals surface area contributed by atoms with Gasteiger partial charge in [-0.15, -0.1) is 0 Å². The highest BCUT2D eigenvalue weighted by Crippen LogP contribution is 2.30. The largest absolute Gasteiger partial charge is 0.494 e. The number of aromatic nitrogens is 2. The van der Waals surface area contributed by atoms with Gasteiger partial charge in [0, 0.05) is 53.8 Å². The fourth-order valence-corrected chi connectivity index (χ4v) is 4.51. The lowest BCUT2D eigenvalue weighted by Crippen LogP contribution is -2.32. The number of rotatable bonds is 6. The van der Waals surface area contributed by atoms with Gasteiger partial charge in [-0.1, -0.05) is 18.2 Å². The number of hydrogen-bond donors (Lipinski definition) is 1. The third kappa shape index (κ3) is 3.18. The van der Waals surface area contributed by atoms with E-state index in [0.717, 1.165) is 50.3 Å². The van der Waals surface area contributed by atoms with Crippen LogP contribution in [0.15, 0.2) is 54.7 Å². The zero-order chi connectivity index (χ0) is 18.9. The van der Waals surface area contributed by atoms with Gasteiger partial charge in [-0.05, 0) is 61.7 Å². The van der Waals surface area contributed by atoms with Crippen LogP contribution < -0.4 is 4.74 Å². The molecule has 5 rings (SSSR count). The Kier molecular flexibility index (Phi) is 4.57. The number of nitrogens with zero attached hydrogens (tertiary/aromatic N) is 2. The molecule has 0 aliphatic carbocycles. The van der Waals surface area contributed by atoms with Gasteiger partial charge >= 0.3 is 0 Å². The molecule has 1 aliphatic rings. The van der Waals surface area contributed by atoms with E-state index in [1.54, 1.807) is 5.56 Å². The molecule has 144 valence electrons. The summed E-state index contributed by atoms with van der Waals surface area (Å²) in [4.78, 5) is 5.81. The van der Waals surface area contributed by atoms with Crippen molar-refractivity contribution in [1.82, 2.24) is 14.5 Å². The van der Waals surface area contributed by atoms with Crippen molar-refractivity contribution in [2.75, 3.05) is 19.7 Å². The van der Waals surface area contributed by atoms with Crippen LogP contribution in [-0.2, 0) is 20.0 Å². The van der Waals surface area contributed by atoms with Gasteiger partial charge in [-0.25, -0.2) is 0 Å². The van der Waals surface area contributed by atoms with E-state index in [4.69, 9.17) is 4.74 Å². The van der Waals surface area contributed by atoms with Crippen LogP contribution >= 0.6 is 0 Å². The van der Waals surface area contributed by atoms with E-state index in [1.165, 1.54) is 28.4 Å². The maximum absolute atomic E-state index is 5.95. The smallest absolute Gasteiger partial charge is 0.120 e. The third-order valence-electron chi connectivity index (χ3n) is 6.06. The van der Waals surface area contributed by atoms with Crippen LogP contribution in [0.5, 0.6) is 5.75 Å². The third-order valence-corrected chi connectivity index (χ3v) is 6.06. The van der Waals surface area contributed by atoms with E-state index in [2.05, 4.69) is 64.0 Å². The summed E-state index contributed by atoms with van der Waals surface area (Å²) in [6, 6.07) is 17.1. The van der Waals surface area contributed by atoms with E-state index >= 15 is 0 Å². The number of benzene rings is 2. The van der Waals surface area contributed by atoms with Crippen molar-refractivity contribution >= 4 is 21.8 Å². The van der Waals surface area contributed by atoms with Gasteiger partial charge in [0.05, 0.1) is 6.61 Å². The molecule has 4 nitrogen and oxygen atoms in total. The average molecular weight is 373 g/mol. The molecule has 2 aromatic heterocycles. The Labute approximate surface area is 165 Å². The molecule has 0 spiro atoms. The second-order valence-corrected chi connectivity index (χ2v) is 7.81. The van der Waals surface area contributed by atoms with E-state index in [9.17, 15) is 0 Å². The summed E-state index contributed by atoms with van der Waals surface area (Å²) in [7, 11) is 2.21. The molecule has 0 amide bonds. The Bertz CT molecular complexity index is 1110. The van der Waals surface area contributed by atoms with Gasteiger partial charge in [0.15, 0.2) is 0 Å². The quantitative estimate of drug-likeness (QED) is 0.489. The van der Waals surface area contributed by atoms with Gasteiger partial charge in [-0.2, -0.15) is 0 Å². The normalized spacial score (nSPS) is 14.6. The minimum atomic E-state index is 0.781. The molecule has 0 atom stereocenters. The molecule has 0 saturated heterocycles. The molecule has 3 heterocycles.